The first kappa shape index (κ1) is 16.6. The lowest BCUT2D eigenvalue weighted by Crippen LogP contribution is -2.47. The van der Waals surface area contributed by atoms with Crippen LogP contribution in [0.2, 0.25) is 0 Å². The predicted molar refractivity (Wildman–Crippen MR) is 89.4 cm³/mol. The van der Waals surface area contributed by atoms with Crippen molar-refractivity contribution in [2.75, 3.05) is 20.3 Å². The predicted octanol–water partition coefficient (Wildman–Crippen LogP) is 0.980. The van der Waals surface area contributed by atoms with Crippen molar-refractivity contribution in [3.8, 4) is 5.69 Å². The molecule has 1 aliphatic rings. The molecule has 1 amide bonds. The SMILES string of the molecule is CN(Cc1cnn(-c2ccccc2)n1)C(=O)C(N)C1CCOCC1. The second-order valence-corrected chi connectivity index (χ2v) is 6.13. The van der Waals surface area contributed by atoms with E-state index in [0.29, 0.717) is 19.8 Å². The Morgan fingerprint density at radius 3 is 2.79 bits per heavy atom. The Kier molecular flexibility index (Phi) is 5.22. The third-order valence-electron chi connectivity index (χ3n) is 4.36. The lowest BCUT2D eigenvalue weighted by Gasteiger charge is -2.29. The van der Waals surface area contributed by atoms with Gasteiger partial charge in [-0.05, 0) is 30.9 Å². The van der Waals surface area contributed by atoms with E-state index in [1.165, 1.54) is 0 Å². The van der Waals surface area contributed by atoms with Crippen molar-refractivity contribution in [3.05, 3.63) is 42.2 Å². The highest BCUT2D eigenvalue weighted by Crippen LogP contribution is 2.19. The van der Waals surface area contributed by atoms with Crippen LogP contribution in [-0.2, 0) is 16.1 Å². The van der Waals surface area contributed by atoms with Gasteiger partial charge < -0.3 is 15.4 Å². The first-order chi connectivity index (χ1) is 11.6. The standard InChI is InChI=1S/C17H23N5O2/c1-21(17(23)16(18)13-7-9-24-10-8-13)12-14-11-19-22(20-14)15-5-3-2-4-6-15/h2-6,11,13,16H,7-10,12,18H2,1H3. The molecule has 1 saturated heterocycles. The molecule has 1 aromatic heterocycles. The van der Waals surface area contributed by atoms with Gasteiger partial charge in [0.15, 0.2) is 0 Å². The van der Waals surface area contributed by atoms with Gasteiger partial charge in [-0.3, -0.25) is 4.79 Å². The van der Waals surface area contributed by atoms with Gasteiger partial charge >= 0.3 is 0 Å². The largest absolute Gasteiger partial charge is 0.381 e. The number of hydrogen-bond acceptors (Lipinski definition) is 5. The summed E-state index contributed by atoms with van der Waals surface area (Å²) in [6.07, 6.45) is 3.35. The number of carbonyl (C=O) groups is 1. The van der Waals surface area contributed by atoms with E-state index in [1.807, 2.05) is 30.3 Å². The van der Waals surface area contributed by atoms with Crippen LogP contribution in [0.3, 0.4) is 0 Å². The van der Waals surface area contributed by atoms with Crippen LogP contribution in [0, 0.1) is 5.92 Å². The van der Waals surface area contributed by atoms with E-state index in [2.05, 4.69) is 10.2 Å². The van der Waals surface area contributed by atoms with Crippen LogP contribution < -0.4 is 5.73 Å². The number of likely N-dealkylation sites (N-methyl/N-ethyl adjacent to an activating group) is 1. The van der Waals surface area contributed by atoms with Gasteiger partial charge in [-0.2, -0.15) is 15.0 Å². The van der Waals surface area contributed by atoms with Gasteiger partial charge in [-0.25, -0.2) is 0 Å². The maximum Gasteiger partial charge on any atom is 0.239 e. The van der Waals surface area contributed by atoms with Crippen molar-refractivity contribution in [2.45, 2.75) is 25.4 Å². The summed E-state index contributed by atoms with van der Waals surface area (Å²) in [6.45, 7) is 1.75. The van der Waals surface area contributed by atoms with Gasteiger partial charge in [0.1, 0.15) is 5.69 Å². The zero-order chi connectivity index (χ0) is 16.9. The number of benzene rings is 1. The smallest absolute Gasteiger partial charge is 0.239 e. The van der Waals surface area contributed by atoms with E-state index in [1.54, 1.807) is 22.9 Å². The Hall–Kier alpha value is -2.25. The van der Waals surface area contributed by atoms with Crippen LogP contribution >= 0.6 is 0 Å². The molecule has 2 heterocycles. The highest BCUT2D eigenvalue weighted by molar-refractivity contribution is 5.81. The first-order valence-corrected chi connectivity index (χ1v) is 8.20. The third-order valence-corrected chi connectivity index (χ3v) is 4.36. The lowest BCUT2D eigenvalue weighted by atomic mass is 9.91. The maximum absolute atomic E-state index is 12.5. The molecule has 1 aliphatic heterocycles. The minimum absolute atomic E-state index is 0.0591. The van der Waals surface area contributed by atoms with E-state index in [0.717, 1.165) is 24.2 Å². The monoisotopic (exact) mass is 329 g/mol. The summed E-state index contributed by atoms with van der Waals surface area (Å²) in [7, 11) is 1.75. The second-order valence-electron chi connectivity index (χ2n) is 6.13. The van der Waals surface area contributed by atoms with Gasteiger partial charge in [-0.15, -0.1) is 0 Å². The fourth-order valence-electron chi connectivity index (χ4n) is 2.90. The Balaban J connectivity index is 1.61. The fourth-order valence-corrected chi connectivity index (χ4v) is 2.90. The van der Waals surface area contributed by atoms with E-state index in [-0.39, 0.29) is 11.8 Å². The summed E-state index contributed by atoms with van der Waals surface area (Å²) in [5, 5.41) is 8.68. The topological polar surface area (TPSA) is 86.3 Å². The molecule has 0 radical (unpaired) electrons. The molecule has 128 valence electrons. The Morgan fingerprint density at radius 1 is 1.38 bits per heavy atom. The summed E-state index contributed by atoms with van der Waals surface area (Å²) < 4.78 is 5.33. The summed E-state index contributed by atoms with van der Waals surface area (Å²) in [5.74, 6) is 0.130. The number of rotatable bonds is 5. The molecule has 1 aromatic carbocycles. The average Bonchev–Trinajstić information content (AvgIpc) is 3.10. The molecular weight excluding hydrogens is 306 g/mol. The van der Waals surface area contributed by atoms with Crippen molar-refractivity contribution in [1.82, 2.24) is 19.9 Å². The number of ether oxygens (including phenoxy) is 1. The number of aromatic nitrogens is 3. The van der Waals surface area contributed by atoms with Crippen LogP contribution in [0.15, 0.2) is 36.5 Å². The molecule has 7 heteroatoms. The van der Waals surface area contributed by atoms with Crippen molar-refractivity contribution >= 4 is 5.91 Å². The van der Waals surface area contributed by atoms with Gasteiger partial charge in [0.2, 0.25) is 5.91 Å². The van der Waals surface area contributed by atoms with Crippen LogP contribution in [-0.4, -0.2) is 52.1 Å². The fraction of sp³-hybridized carbons (Fsp3) is 0.471. The molecule has 0 aliphatic carbocycles. The van der Waals surface area contributed by atoms with E-state index >= 15 is 0 Å². The normalized spacial score (nSPS) is 16.8. The molecule has 1 unspecified atom stereocenters. The third kappa shape index (κ3) is 3.80. The molecule has 7 nitrogen and oxygen atoms in total. The van der Waals surface area contributed by atoms with E-state index in [9.17, 15) is 4.79 Å². The number of para-hydroxylation sites is 1. The summed E-state index contributed by atoms with van der Waals surface area (Å²) in [4.78, 5) is 15.7. The highest BCUT2D eigenvalue weighted by Gasteiger charge is 2.28. The van der Waals surface area contributed by atoms with E-state index < -0.39 is 6.04 Å². The Morgan fingerprint density at radius 2 is 2.08 bits per heavy atom. The molecule has 0 spiro atoms. The summed E-state index contributed by atoms with van der Waals surface area (Å²) >= 11 is 0. The van der Waals surface area contributed by atoms with Crippen LogP contribution in [0.25, 0.3) is 5.69 Å². The van der Waals surface area contributed by atoms with Gasteiger partial charge in [0.05, 0.1) is 24.5 Å². The highest BCUT2D eigenvalue weighted by atomic mass is 16.5. The van der Waals surface area contributed by atoms with Gasteiger partial charge in [-0.1, -0.05) is 18.2 Å². The van der Waals surface area contributed by atoms with Crippen LogP contribution in [0.5, 0.6) is 0 Å². The average molecular weight is 329 g/mol. The number of nitrogens with two attached hydrogens (primary N) is 1. The van der Waals surface area contributed by atoms with Crippen molar-refractivity contribution in [3.63, 3.8) is 0 Å². The summed E-state index contributed by atoms with van der Waals surface area (Å²) in [6, 6.07) is 9.18. The Bertz CT molecular complexity index is 667. The maximum atomic E-state index is 12.5. The molecule has 0 saturated carbocycles. The van der Waals surface area contributed by atoms with Crippen LogP contribution in [0.1, 0.15) is 18.5 Å². The molecule has 2 aromatic rings. The lowest BCUT2D eigenvalue weighted by molar-refractivity contribution is -0.134. The number of hydrogen-bond donors (Lipinski definition) is 1. The molecular formula is C17H23N5O2. The zero-order valence-electron chi connectivity index (χ0n) is 13.8. The van der Waals surface area contributed by atoms with Crippen molar-refractivity contribution in [1.29, 1.82) is 0 Å². The molecule has 0 bridgehead atoms. The van der Waals surface area contributed by atoms with E-state index in [4.69, 9.17) is 10.5 Å². The van der Waals surface area contributed by atoms with Crippen LogP contribution in [0.4, 0.5) is 0 Å². The van der Waals surface area contributed by atoms with Gasteiger partial charge in [0.25, 0.3) is 0 Å². The zero-order valence-corrected chi connectivity index (χ0v) is 13.8. The van der Waals surface area contributed by atoms with Crippen molar-refractivity contribution < 1.29 is 9.53 Å². The Labute approximate surface area is 141 Å². The molecule has 1 fully saturated rings. The molecule has 3 rings (SSSR count). The minimum Gasteiger partial charge on any atom is -0.381 e. The second kappa shape index (κ2) is 7.55. The molecule has 2 N–H and O–H groups in total. The quantitative estimate of drug-likeness (QED) is 0.884. The molecule has 24 heavy (non-hydrogen) atoms. The van der Waals surface area contributed by atoms with Gasteiger partial charge in [0, 0.05) is 20.3 Å². The number of amides is 1. The number of nitrogens with zero attached hydrogens (tertiary/aromatic N) is 4. The summed E-state index contributed by atoms with van der Waals surface area (Å²) in [5.41, 5.74) is 7.77. The number of carbonyl (C=O) groups excluding carboxylic acids is 1. The first-order valence-electron chi connectivity index (χ1n) is 8.20. The minimum atomic E-state index is -0.483. The van der Waals surface area contributed by atoms with Crippen molar-refractivity contribution in [2.24, 2.45) is 11.7 Å². The molecule has 1 atom stereocenters.